The van der Waals surface area contributed by atoms with Crippen molar-refractivity contribution in [3.8, 4) is 6.07 Å². The van der Waals surface area contributed by atoms with Crippen LogP contribution in [0, 0.1) is 18.3 Å². The Hall–Kier alpha value is -2.11. The van der Waals surface area contributed by atoms with Crippen molar-refractivity contribution in [1.82, 2.24) is 4.98 Å². The maximum absolute atomic E-state index is 12.4. The molecule has 1 heterocycles. The highest BCUT2D eigenvalue weighted by atomic mass is 32.2. The number of benzene rings is 1. The van der Waals surface area contributed by atoms with Crippen LogP contribution in [0.4, 0.5) is 10.8 Å². The molecule has 1 aromatic heterocycles. The molecule has 0 aliphatic heterocycles. The summed E-state index contributed by atoms with van der Waals surface area (Å²) in [6.07, 6.45) is 0.732. The van der Waals surface area contributed by atoms with Gasteiger partial charge in [0.1, 0.15) is 11.0 Å². The molecule has 0 aliphatic carbocycles. The van der Waals surface area contributed by atoms with E-state index in [-0.39, 0.29) is 10.5 Å². The molecule has 0 spiro atoms. The zero-order valence-corrected chi connectivity index (χ0v) is 13.2. The van der Waals surface area contributed by atoms with Gasteiger partial charge in [-0.25, -0.2) is 13.4 Å². The highest BCUT2D eigenvalue weighted by Gasteiger charge is 2.21. The number of nitrogens with two attached hydrogens (primary N) is 1. The summed E-state index contributed by atoms with van der Waals surface area (Å²) < 4.78 is 27.1. The summed E-state index contributed by atoms with van der Waals surface area (Å²) in [5, 5.41) is 9.34. The molecule has 0 saturated heterocycles. The Morgan fingerprint density at radius 3 is 2.76 bits per heavy atom. The number of sulfonamides is 1. The normalized spacial score (nSPS) is 11.1. The molecule has 0 atom stereocenters. The number of thiazole rings is 1. The zero-order chi connectivity index (χ0) is 15.6. The van der Waals surface area contributed by atoms with Gasteiger partial charge in [0, 0.05) is 10.6 Å². The number of nitriles is 1. The van der Waals surface area contributed by atoms with E-state index >= 15 is 0 Å². The fourth-order valence-electron chi connectivity index (χ4n) is 1.84. The summed E-state index contributed by atoms with van der Waals surface area (Å²) in [7, 11) is -3.86. The van der Waals surface area contributed by atoms with Crippen molar-refractivity contribution >= 4 is 32.2 Å². The van der Waals surface area contributed by atoms with Crippen LogP contribution in [0.5, 0.6) is 0 Å². The summed E-state index contributed by atoms with van der Waals surface area (Å²) >= 11 is 1.27. The van der Waals surface area contributed by atoms with Crippen molar-refractivity contribution in [2.24, 2.45) is 0 Å². The fourth-order valence-corrected chi connectivity index (χ4v) is 4.12. The van der Waals surface area contributed by atoms with E-state index < -0.39 is 10.0 Å². The molecule has 0 aliphatic rings. The summed E-state index contributed by atoms with van der Waals surface area (Å²) in [5.74, 6) is 0. The SMILES string of the molecule is CCc1nc(NS(=O)(=O)c2ccc(N)cc2C#N)sc1C. The van der Waals surface area contributed by atoms with Crippen molar-refractivity contribution in [2.45, 2.75) is 25.2 Å². The Labute approximate surface area is 127 Å². The molecule has 1 aromatic carbocycles. The van der Waals surface area contributed by atoms with Crippen LogP contribution in [0.2, 0.25) is 0 Å². The second-order valence-electron chi connectivity index (χ2n) is 4.35. The van der Waals surface area contributed by atoms with Gasteiger partial charge in [-0.2, -0.15) is 5.26 Å². The van der Waals surface area contributed by atoms with Crippen LogP contribution in [0.25, 0.3) is 0 Å². The number of rotatable bonds is 4. The van der Waals surface area contributed by atoms with E-state index in [0.717, 1.165) is 17.0 Å². The third kappa shape index (κ3) is 3.15. The molecule has 0 fully saturated rings. The summed E-state index contributed by atoms with van der Waals surface area (Å²) in [5.41, 5.74) is 6.76. The maximum Gasteiger partial charge on any atom is 0.264 e. The van der Waals surface area contributed by atoms with Crippen molar-refractivity contribution in [3.05, 3.63) is 34.3 Å². The number of aromatic nitrogens is 1. The van der Waals surface area contributed by atoms with E-state index in [4.69, 9.17) is 11.0 Å². The average Bonchev–Trinajstić information content (AvgIpc) is 2.77. The summed E-state index contributed by atoms with van der Waals surface area (Å²) in [6, 6.07) is 5.93. The molecule has 6 nitrogen and oxygen atoms in total. The van der Waals surface area contributed by atoms with E-state index in [1.807, 2.05) is 19.9 Å². The second-order valence-corrected chi connectivity index (χ2v) is 7.20. The van der Waals surface area contributed by atoms with Crippen LogP contribution in [0.15, 0.2) is 23.1 Å². The third-order valence-corrected chi connectivity index (χ3v) is 5.32. The van der Waals surface area contributed by atoms with Crippen LogP contribution < -0.4 is 10.5 Å². The van der Waals surface area contributed by atoms with Crippen molar-refractivity contribution in [1.29, 1.82) is 5.26 Å². The Bertz CT molecular complexity index is 819. The average molecular weight is 322 g/mol. The van der Waals surface area contributed by atoms with Crippen LogP contribution in [0.1, 0.15) is 23.1 Å². The van der Waals surface area contributed by atoms with Crippen molar-refractivity contribution < 1.29 is 8.42 Å². The molecule has 0 bridgehead atoms. The first-order valence-electron chi connectivity index (χ1n) is 6.16. The fraction of sp³-hybridized carbons (Fsp3) is 0.231. The largest absolute Gasteiger partial charge is 0.399 e. The van der Waals surface area contributed by atoms with E-state index in [1.54, 1.807) is 0 Å². The van der Waals surface area contributed by atoms with Gasteiger partial charge in [0.25, 0.3) is 10.0 Å². The van der Waals surface area contributed by atoms with Gasteiger partial charge in [0.2, 0.25) is 0 Å². The van der Waals surface area contributed by atoms with Crippen molar-refractivity contribution in [2.75, 3.05) is 10.5 Å². The number of hydrogen-bond acceptors (Lipinski definition) is 6. The van der Waals surface area contributed by atoms with Crippen LogP contribution in [-0.2, 0) is 16.4 Å². The van der Waals surface area contributed by atoms with Gasteiger partial charge in [-0.1, -0.05) is 6.92 Å². The lowest BCUT2D eigenvalue weighted by atomic mass is 10.2. The second kappa shape index (κ2) is 5.71. The molecular formula is C13H14N4O2S2. The minimum atomic E-state index is -3.86. The molecule has 0 unspecified atom stereocenters. The highest BCUT2D eigenvalue weighted by molar-refractivity contribution is 7.93. The third-order valence-electron chi connectivity index (χ3n) is 2.86. The Morgan fingerprint density at radius 2 is 2.19 bits per heavy atom. The molecule has 0 saturated carbocycles. The van der Waals surface area contributed by atoms with Crippen molar-refractivity contribution in [3.63, 3.8) is 0 Å². The molecular weight excluding hydrogens is 308 g/mol. The first kappa shape index (κ1) is 15.3. The predicted octanol–water partition coefficient (Wildman–Crippen LogP) is 2.27. The molecule has 8 heteroatoms. The van der Waals surface area contributed by atoms with Gasteiger partial charge in [0.15, 0.2) is 5.13 Å². The zero-order valence-electron chi connectivity index (χ0n) is 11.5. The van der Waals surface area contributed by atoms with Gasteiger partial charge in [-0.15, -0.1) is 11.3 Å². The smallest absolute Gasteiger partial charge is 0.264 e. The monoisotopic (exact) mass is 322 g/mol. The molecule has 110 valence electrons. The van der Waals surface area contributed by atoms with Crippen LogP contribution in [0.3, 0.4) is 0 Å². The lowest BCUT2D eigenvalue weighted by Crippen LogP contribution is -2.14. The number of nitrogens with zero attached hydrogens (tertiary/aromatic N) is 2. The predicted molar refractivity (Wildman–Crippen MR) is 82.6 cm³/mol. The molecule has 21 heavy (non-hydrogen) atoms. The number of anilines is 2. The first-order chi connectivity index (χ1) is 9.87. The van der Waals surface area contributed by atoms with Gasteiger partial charge < -0.3 is 5.73 Å². The molecule has 3 N–H and O–H groups in total. The Morgan fingerprint density at radius 1 is 1.48 bits per heavy atom. The van der Waals surface area contributed by atoms with Gasteiger partial charge in [-0.3, -0.25) is 4.72 Å². The highest BCUT2D eigenvalue weighted by Crippen LogP contribution is 2.26. The Kier molecular flexibility index (Phi) is 4.16. The lowest BCUT2D eigenvalue weighted by molar-refractivity contribution is 0.601. The summed E-state index contributed by atoms with van der Waals surface area (Å²) in [4.78, 5) is 5.09. The lowest BCUT2D eigenvalue weighted by Gasteiger charge is -2.07. The number of nitrogen functional groups attached to an aromatic ring is 1. The van der Waals surface area contributed by atoms with E-state index in [2.05, 4.69) is 9.71 Å². The van der Waals surface area contributed by atoms with Crippen LogP contribution in [-0.4, -0.2) is 13.4 Å². The molecule has 0 radical (unpaired) electrons. The number of nitrogens with one attached hydrogen (secondary N) is 1. The number of hydrogen-bond donors (Lipinski definition) is 2. The maximum atomic E-state index is 12.4. The Balaban J connectivity index is 2.41. The van der Waals surface area contributed by atoms with Crippen LogP contribution >= 0.6 is 11.3 Å². The number of aryl methyl sites for hydroxylation is 2. The molecule has 2 aromatic rings. The van der Waals surface area contributed by atoms with E-state index in [0.29, 0.717) is 10.8 Å². The minimum absolute atomic E-state index is 0.00601. The topological polar surface area (TPSA) is 109 Å². The molecule has 2 rings (SSSR count). The minimum Gasteiger partial charge on any atom is -0.399 e. The van der Waals surface area contributed by atoms with Gasteiger partial charge in [-0.05, 0) is 31.5 Å². The van der Waals surface area contributed by atoms with Gasteiger partial charge >= 0.3 is 0 Å². The quantitative estimate of drug-likeness (QED) is 0.839. The first-order valence-corrected chi connectivity index (χ1v) is 8.46. The molecule has 0 amide bonds. The standard InChI is InChI=1S/C13H14N4O2S2/c1-3-11-8(2)20-13(16-11)17-21(18,19)12-5-4-10(15)6-9(12)7-14/h4-6H,3,15H2,1-2H3,(H,16,17). The van der Waals surface area contributed by atoms with E-state index in [9.17, 15) is 8.42 Å². The van der Waals surface area contributed by atoms with Gasteiger partial charge in [0.05, 0.1) is 11.3 Å². The summed E-state index contributed by atoms with van der Waals surface area (Å²) in [6.45, 7) is 3.84. The van der Waals surface area contributed by atoms with E-state index in [1.165, 1.54) is 29.5 Å².